The van der Waals surface area contributed by atoms with Gasteiger partial charge in [-0.25, -0.2) is 0 Å². The summed E-state index contributed by atoms with van der Waals surface area (Å²) in [7, 11) is 0. The highest BCUT2D eigenvalue weighted by atomic mass is 32.2. The third kappa shape index (κ3) is 4.44. The second kappa shape index (κ2) is 9.64. The molecule has 0 spiro atoms. The molecule has 3 heterocycles. The number of aryl methyl sites for hydroxylation is 1. The van der Waals surface area contributed by atoms with Gasteiger partial charge >= 0.3 is 0 Å². The van der Waals surface area contributed by atoms with Crippen LogP contribution in [-0.4, -0.2) is 51.9 Å². The van der Waals surface area contributed by atoms with Gasteiger partial charge in [0, 0.05) is 18.8 Å². The summed E-state index contributed by atoms with van der Waals surface area (Å²) in [6, 6.07) is 21.7. The van der Waals surface area contributed by atoms with Gasteiger partial charge in [-0.1, -0.05) is 60.3 Å². The van der Waals surface area contributed by atoms with Crippen LogP contribution in [0.1, 0.15) is 16.6 Å². The zero-order valence-corrected chi connectivity index (χ0v) is 19.1. The lowest BCUT2D eigenvalue weighted by Gasteiger charge is -2.30. The summed E-state index contributed by atoms with van der Waals surface area (Å²) in [6.07, 6.45) is 1.65. The van der Waals surface area contributed by atoms with Gasteiger partial charge in [-0.15, -0.1) is 10.2 Å². The molecule has 0 saturated carbocycles. The van der Waals surface area contributed by atoms with Crippen LogP contribution in [0.15, 0.2) is 82.6 Å². The molecule has 2 aromatic carbocycles. The molecule has 1 aliphatic heterocycles. The number of hydrogen-bond donors (Lipinski definition) is 0. The summed E-state index contributed by atoms with van der Waals surface area (Å²) in [6.45, 7) is 4.20. The van der Waals surface area contributed by atoms with Crippen LogP contribution in [0.2, 0.25) is 0 Å². The molecule has 1 fully saturated rings. The van der Waals surface area contributed by atoms with E-state index in [9.17, 15) is 4.79 Å². The second-order valence-electron chi connectivity index (χ2n) is 7.71. The lowest BCUT2D eigenvalue weighted by molar-refractivity contribution is -0.134. The van der Waals surface area contributed by atoms with Crippen LogP contribution < -0.4 is 0 Å². The van der Waals surface area contributed by atoms with Crippen LogP contribution >= 0.6 is 11.8 Å². The number of furan rings is 1. The number of hydrogen-bond acceptors (Lipinski definition) is 6. The molecule has 8 heteroatoms. The highest BCUT2D eigenvalue weighted by molar-refractivity contribution is 8.00. The zero-order chi connectivity index (χ0) is 22.6. The van der Waals surface area contributed by atoms with E-state index in [1.165, 1.54) is 11.8 Å². The van der Waals surface area contributed by atoms with E-state index in [-0.39, 0.29) is 5.91 Å². The van der Waals surface area contributed by atoms with Crippen molar-refractivity contribution in [3.8, 4) is 17.1 Å². The standard InChI is InChI=1S/C25H24N4O3S/c1-18-21(12-15-32-18)23-26-27-25(29(23)20-10-6-3-7-11-20)33-22(19-8-4-2-5-9-19)24(30)28-13-16-31-17-14-28/h2-12,15,22H,13-14,16-17H2,1H3/t22-/m1/s1. The van der Waals surface area contributed by atoms with Crippen LogP contribution in [0.4, 0.5) is 0 Å². The number of thioether (sulfide) groups is 1. The molecule has 0 N–H and O–H groups in total. The number of aromatic nitrogens is 3. The van der Waals surface area contributed by atoms with Crippen molar-refractivity contribution < 1.29 is 13.9 Å². The van der Waals surface area contributed by atoms with E-state index >= 15 is 0 Å². The molecule has 1 atom stereocenters. The maximum Gasteiger partial charge on any atom is 0.240 e. The monoisotopic (exact) mass is 460 g/mol. The topological polar surface area (TPSA) is 73.4 Å². The van der Waals surface area contributed by atoms with Gasteiger partial charge < -0.3 is 14.1 Å². The minimum Gasteiger partial charge on any atom is -0.469 e. The number of carbonyl (C=O) groups is 1. The first-order valence-electron chi connectivity index (χ1n) is 10.9. The van der Waals surface area contributed by atoms with Gasteiger partial charge in [-0.05, 0) is 30.7 Å². The molecule has 1 aliphatic rings. The van der Waals surface area contributed by atoms with Crippen molar-refractivity contribution in [1.82, 2.24) is 19.7 Å². The van der Waals surface area contributed by atoms with Crippen molar-refractivity contribution in [2.24, 2.45) is 0 Å². The SMILES string of the molecule is Cc1occc1-c1nnc(S[C@@H](C(=O)N2CCOCC2)c2ccccc2)n1-c1ccccc1. The van der Waals surface area contributed by atoms with E-state index in [0.29, 0.717) is 37.3 Å². The molecule has 4 aromatic rings. The summed E-state index contributed by atoms with van der Waals surface area (Å²) in [5.74, 6) is 1.50. The molecule has 1 saturated heterocycles. The molecule has 5 rings (SSSR count). The van der Waals surface area contributed by atoms with E-state index < -0.39 is 5.25 Å². The number of amides is 1. The van der Waals surface area contributed by atoms with Crippen LogP contribution in [0.25, 0.3) is 17.1 Å². The van der Waals surface area contributed by atoms with Crippen molar-refractivity contribution in [3.05, 3.63) is 84.3 Å². The van der Waals surface area contributed by atoms with Gasteiger partial charge in [0.1, 0.15) is 11.0 Å². The number of nitrogens with zero attached hydrogens (tertiary/aromatic N) is 4. The molecule has 0 bridgehead atoms. The van der Waals surface area contributed by atoms with Gasteiger partial charge in [0.25, 0.3) is 0 Å². The van der Waals surface area contributed by atoms with Gasteiger partial charge in [0.2, 0.25) is 5.91 Å². The quantitative estimate of drug-likeness (QED) is 0.394. The molecule has 7 nitrogen and oxygen atoms in total. The van der Waals surface area contributed by atoms with Gasteiger partial charge in [-0.3, -0.25) is 9.36 Å². The minimum atomic E-state index is -0.450. The Labute approximate surface area is 196 Å². The minimum absolute atomic E-state index is 0.0538. The van der Waals surface area contributed by atoms with Crippen molar-refractivity contribution >= 4 is 17.7 Å². The highest BCUT2D eigenvalue weighted by Crippen LogP contribution is 2.39. The first-order valence-corrected chi connectivity index (χ1v) is 11.7. The lowest BCUT2D eigenvalue weighted by Crippen LogP contribution is -2.42. The molecule has 0 unspecified atom stereocenters. The molecule has 0 radical (unpaired) electrons. The molecule has 1 amide bonds. The van der Waals surface area contributed by atoms with Crippen LogP contribution in [0.5, 0.6) is 0 Å². The molecule has 168 valence electrons. The van der Waals surface area contributed by atoms with Gasteiger partial charge in [-0.2, -0.15) is 0 Å². The fourth-order valence-corrected chi connectivity index (χ4v) is 5.03. The van der Waals surface area contributed by atoms with E-state index in [2.05, 4.69) is 10.2 Å². The normalized spacial score (nSPS) is 14.9. The smallest absolute Gasteiger partial charge is 0.240 e. The number of benzene rings is 2. The van der Waals surface area contributed by atoms with Crippen LogP contribution in [0.3, 0.4) is 0 Å². The summed E-state index contributed by atoms with van der Waals surface area (Å²) in [5, 5.41) is 9.22. The Morgan fingerprint density at radius 2 is 1.67 bits per heavy atom. The Hall–Kier alpha value is -3.36. The lowest BCUT2D eigenvalue weighted by atomic mass is 10.1. The van der Waals surface area contributed by atoms with Crippen molar-refractivity contribution in [2.45, 2.75) is 17.3 Å². The van der Waals surface area contributed by atoms with E-state index in [4.69, 9.17) is 9.15 Å². The second-order valence-corrected chi connectivity index (χ2v) is 8.79. The largest absolute Gasteiger partial charge is 0.469 e. The number of ether oxygens (including phenoxy) is 1. The molecular weight excluding hydrogens is 436 g/mol. The van der Waals surface area contributed by atoms with Crippen LogP contribution in [-0.2, 0) is 9.53 Å². The molecule has 2 aromatic heterocycles. The number of rotatable bonds is 6. The highest BCUT2D eigenvalue weighted by Gasteiger charge is 2.31. The van der Waals surface area contributed by atoms with Gasteiger partial charge in [0.05, 0.1) is 25.0 Å². The summed E-state index contributed by atoms with van der Waals surface area (Å²) < 4.78 is 13.0. The van der Waals surface area contributed by atoms with Crippen molar-refractivity contribution in [2.75, 3.05) is 26.3 Å². The number of morpholine rings is 1. The van der Waals surface area contributed by atoms with E-state index in [1.54, 1.807) is 6.26 Å². The van der Waals surface area contributed by atoms with Gasteiger partial charge in [0.15, 0.2) is 11.0 Å². The average molecular weight is 461 g/mol. The number of carbonyl (C=O) groups excluding carboxylic acids is 1. The summed E-state index contributed by atoms with van der Waals surface area (Å²) in [4.78, 5) is 15.5. The van der Waals surface area contributed by atoms with Crippen molar-refractivity contribution in [3.63, 3.8) is 0 Å². The number of para-hydroxylation sites is 1. The van der Waals surface area contributed by atoms with E-state index in [1.807, 2.05) is 83.1 Å². The fourth-order valence-electron chi connectivity index (χ4n) is 3.89. The average Bonchev–Trinajstić information content (AvgIpc) is 3.49. The molecular formula is C25H24N4O3S. The molecule has 0 aliphatic carbocycles. The first-order chi connectivity index (χ1) is 16.2. The van der Waals surface area contributed by atoms with E-state index in [0.717, 1.165) is 22.6 Å². The Kier molecular flexibility index (Phi) is 6.28. The summed E-state index contributed by atoms with van der Waals surface area (Å²) in [5.41, 5.74) is 2.72. The summed E-state index contributed by atoms with van der Waals surface area (Å²) >= 11 is 1.42. The Balaban J connectivity index is 1.57. The maximum absolute atomic E-state index is 13.6. The van der Waals surface area contributed by atoms with Crippen LogP contribution in [0, 0.1) is 6.92 Å². The predicted molar refractivity (Wildman–Crippen MR) is 126 cm³/mol. The maximum atomic E-state index is 13.6. The molecule has 33 heavy (non-hydrogen) atoms. The van der Waals surface area contributed by atoms with Crippen molar-refractivity contribution in [1.29, 1.82) is 0 Å². The third-order valence-corrected chi connectivity index (χ3v) is 6.80. The Morgan fingerprint density at radius 1 is 0.970 bits per heavy atom. The zero-order valence-electron chi connectivity index (χ0n) is 18.3. The first kappa shape index (κ1) is 21.5. The fraction of sp³-hybridized carbons (Fsp3) is 0.240. The predicted octanol–water partition coefficient (Wildman–Crippen LogP) is 4.53. The Morgan fingerprint density at radius 3 is 2.33 bits per heavy atom. The Bertz CT molecular complexity index is 1220. The third-order valence-electron chi connectivity index (χ3n) is 5.62.